The van der Waals surface area contributed by atoms with E-state index in [0.29, 0.717) is 52.4 Å². The van der Waals surface area contributed by atoms with E-state index >= 15 is 0 Å². The third kappa shape index (κ3) is 14.2. The Morgan fingerprint density at radius 1 is 0.121 bits per heavy atom. The summed E-state index contributed by atoms with van der Waals surface area (Å²) in [6, 6.07) is 165. The lowest BCUT2D eigenvalue weighted by Gasteiger charge is -2.16. The maximum atomic E-state index is 5.24. The average molecular weight is 1820 g/mol. The molecule has 650 valence electrons. The van der Waals surface area contributed by atoms with Crippen LogP contribution in [0.25, 0.3) is 283 Å². The lowest BCUT2D eigenvalue weighted by atomic mass is 9.90. The van der Waals surface area contributed by atoms with E-state index in [4.69, 9.17) is 44.9 Å². The molecule has 0 saturated carbocycles. The minimum Gasteiger partial charge on any atom is -0.208 e. The van der Waals surface area contributed by atoms with Gasteiger partial charge in [-0.2, -0.15) is 0 Å². The van der Waals surface area contributed by atoms with Crippen molar-refractivity contribution in [2.24, 2.45) is 0 Å². The number of nitrogens with zero attached hydrogens (tertiary/aromatic N) is 9. The maximum absolute atomic E-state index is 5.24. The fourth-order valence-corrected chi connectivity index (χ4v) is 23.3. The third-order valence-electron chi connectivity index (χ3n) is 27.5. The number of aromatic nitrogens is 9. The van der Waals surface area contributed by atoms with Gasteiger partial charge in [-0.1, -0.05) is 431 Å². The molecule has 0 saturated heterocycles. The highest BCUT2D eigenvalue weighted by Crippen LogP contribution is 2.48. The highest BCUT2D eigenvalue weighted by Gasteiger charge is 2.25. The Labute approximate surface area is 811 Å². The van der Waals surface area contributed by atoms with E-state index in [1.807, 2.05) is 60.7 Å². The summed E-state index contributed by atoms with van der Waals surface area (Å²) < 4.78 is 4.89. The van der Waals surface area contributed by atoms with E-state index < -0.39 is 0 Å². The summed E-state index contributed by atoms with van der Waals surface area (Å²) in [5.41, 5.74) is 11.2. The van der Waals surface area contributed by atoms with Gasteiger partial charge in [0, 0.05) is 95.8 Å². The summed E-state index contributed by atoms with van der Waals surface area (Å²) >= 11 is 3.58. The van der Waals surface area contributed by atoms with Crippen molar-refractivity contribution in [3.8, 4) is 114 Å². The van der Waals surface area contributed by atoms with Crippen molar-refractivity contribution in [3.05, 3.63) is 467 Å². The molecular weight excluding hydrogens is 1740 g/mol. The van der Waals surface area contributed by atoms with E-state index in [2.05, 4.69) is 406 Å². The summed E-state index contributed by atoms with van der Waals surface area (Å²) in [5.74, 6) is 5.99. The van der Waals surface area contributed by atoms with E-state index in [1.54, 1.807) is 22.7 Å². The first-order valence-electron chi connectivity index (χ1n) is 47.1. The predicted molar refractivity (Wildman–Crippen MR) is 590 cm³/mol. The number of hydrogen-bond donors (Lipinski definition) is 0. The first-order valence-corrected chi connectivity index (χ1v) is 48.7. The van der Waals surface area contributed by atoms with Crippen LogP contribution >= 0.6 is 22.7 Å². The summed E-state index contributed by atoms with van der Waals surface area (Å²) in [6.45, 7) is 0. The van der Waals surface area contributed by atoms with Crippen LogP contribution in [0.5, 0.6) is 0 Å². The van der Waals surface area contributed by atoms with Gasteiger partial charge in [-0.05, 0) is 171 Å². The van der Waals surface area contributed by atoms with Crippen LogP contribution in [0, 0.1) is 0 Å². The molecule has 0 aliphatic carbocycles. The maximum Gasteiger partial charge on any atom is 0.165 e. The summed E-state index contributed by atoms with van der Waals surface area (Å²) in [5, 5.41) is 34.4. The van der Waals surface area contributed by atoms with Gasteiger partial charge in [-0.3, -0.25) is 0 Å². The van der Waals surface area contributed by atoms with Gasteiger partial charge in [-0.15, -0.1) is 22.7 Å². The fraction of sp³-hybridized carbons (Fsp3) is 0. The SMILES string of the molecule is c1ccc(-c2ccc(-c3nc(-c4ccccc4)nc(-c4cc5ccc6ccccc6c5c5ccc6ccccc6c45)n3)cc2)cc1.c1ccc(-c2nc(-c3ccc4c(ccc5c4ccc4ccc6ccccc6c45)c3)nc(-c3cccc4c3sc3ccccc34)n2)cc1.c1ccc(-c2nc(-c3cccc4c3ccc3ccc5c6ccccc6ccc5c34)nc(-c3cccc4c3sc3ccccc34)n2)cc1. The second-order valence-electron chi connectivity index (χ2n) is 35.6. The molecular formula is C129H77N9S2. The predicted octanol–water partition coefficient (Wildman–Crippen LogP) is 34.9. The lowest BCUT2D eigenvalue weighted by Crippen LogP contribution is -2.01. The number of hydrogen-bond acceptors (Lipinski definition) is 11. The highest BCUT2D eigenvalue weighted by atomic mass is 32.1. The van der Waals surface area contributed by atoms with Gasteiger partial charge in [0.25, 0.3) is 0 Å². The first-order chi connectivity index (χ1) is 69.4. The third-order valence-corrected chi connectivity index (χ3v) is 29.9. The van der Waals surface area contributed by atoms with E-state index in [1.165, 1.54) is 154 Å². The number of fused-ring (bicyclic) bond motifs is 27. The summed E-state index contributed by atoms with van der Waals surface area (Å²) in [4.78, 5) is 46.1. The van der Waals surface area contributed by atoms with Crippen molar-refractivity contribution in [2.75, 3.05) is 0 Å². The van der Waals surface area contributed by atoms with Crippen molar-refractivity contribution in [3.63, 3.8) is 0 Å². The first kappa shape index (κ1) is 81.4. The van der Waals surface area contributed by atoms with Crippen molar-refractivity contribution in [2.45, 2.75) is 0 Å². The van der Waals surface area contributed by atoms with Crippen LogP contribution < -0.4 is 0 Å². The molecule has 9 nitrogen and oxygen atoms in total. The molecule has 29 rings (SSSR count). The molecule has 11 heteroatoms. The molecule has 0 radical (unpaired) electrons. The van der Waals surface area contributed by atoms with Crippen LogP contribution in [0.3, 0.4) is 0 Å². The van der Waals surface area contributed by atoms with Gasteiger partial charge < -0.3 is 0 Å². The topological polar surface area (TPSA) is 116 Å². The highest BCUT2D eigenvalue weighted by molar-refractivity contribution is 7.26. The molecule has 0 atom stereocenters. The Morgan fingerprint density at radius 2 is 0.400 bits per heavy atom. The van der Waals surface area contributed by atoms with Crippen molar-refractivity contribution in [1.29, 1.82) is 0 Å². The molecule has 0 spiro atoms. The Kier molecular flexibility index (Phi) is 19.8. The van der Waals surface area contributed by atoms with Crippen LogP contribution in [-0.2, 0) is 0 Å². The molecule has 0 aliphatic heterocycles. The quantitative estimate of drug-likeness (QED) is 0.123. The molecule has 0 fully saturated rings. The molecule has 0 bridgehead atoms. The molecule has 0 N–H and O–H groups in total. The molecule has 140 heavy (non-hydrogen) atoms. The Bertz CT molecular complexity index is 10100. The molecule has 0 unspecified atom stereocenters. The number of benzene rings is 24. The lowest BCUT2D eigenvalue weighted by molar-refractivity contribution is 1.08. The monoisotopic (exact) mass is 1820 g/mol. The molecule has 29 aromatic rings. The van der Waals surface area contributed by atoms with Crippen molar-refractivity contribution >= 4 is 192 Å². The molecule has 0 amide bonds. The number of thiophene rings is 2. The minimum atomic E-state index is 0.649. The van der Waals surface area contributed by atoms with Gasteiger partial charge in [-0.25, -0.2) is 44.9 Å². The normalized spacial score (nSPS) is 11.7. The van der Waals surface area contributed by atoms with Crippen LogP contribution in [0.1, 0.15) is 0 Å². The van der Waals surface area contributed by atoms with Gasteiger partial charge in [0.05, 0.1) is 0 Å². The number of rotatable bonds is 10. The second-order valence-corrected chi connectivity index (χ2v) is 37.7. The zero-order valence-electron chi connectivity index (χ0n) is 75.3. The molecule has 5 aromatic heterocycles. The Balaban J connectivity index is 0.000000105. The fourth-order valence-electron chi connectivity index (χ4n) is 20.9. The van der Waals surface area contributed by atoms with Crippen LogP contribution in [0.15, 0.2) is 467 Å². The van der Waals surface area contributed by atoms with Gasteiger partial charge in [0.2, 0.25) is 0 Å². The summed E-state index contributed by atoms with van der Waals surface area (Å²) in [6.07, 6.45) is 0. The molecule has 24 aromatic carbocycles. The zero-order chi connectivity index (χ0) is 92.2. The van der Waals surface area contributed by atoms with Crippen LogP contribution in [0.4, 0.5) is 0 Å². The van der Waals surface area contributed by atoms with Crippen molar-refractivity contribution < 1.29 is 0 Å². The summed E-state index contributed by atoms with van der Waals surface area (Å²) in [7, 11) is 0. The molecule has 0 aliphatic rings. The van der Waals surface area contributed by atoms with Crippen molar-refractivity contribution in [1.82, 2.24) is 44.9 Å². The minimum absolute atomic E-state index is 0.649. The van der Waals surface area contributed by atoms with Crippen LogP contribution in [-0.4, -0.2) is 44.9 Å². The van der Waals surface area contributed by atoms with Gasteiger partial charge >= 0.3 is 0 Å². The van der Waals surface area contributed by atoms with E-state index in [0.717, 1.165) is 77.2 Å². The zero-order valence-corrected chi connectivity index (χ0v) is 76.9. The van der Waals surface area contributed by atoms with Crippen LogP contribution in [0.2, 0.25) is 0 Å². The second kappa shape index (κ2) is 34.0. The van der Waals surface area contributed by atoms with E-state index in [-0.39, 0.29) is 0 Å². The Morgan fingerprint density at radius 3 is 0.914 bits per heavy atom. The standard InChI is InChI=1S/2C43H25N3S.C43H27N3/c1-2-11-28(12-3-1)41-44-42(46-43(45-41)37-18-9-16-35-32-14-6-7-19-38(32)47-40(35)37)36-17-8-15-33-31(36)24-22-27-21-23-30-29-13-5-4-10-26(29)20-25-34(30)39(27)33;1-2-10-28(11-3-1)41-44-42(46-43(45-41)37-15-8-14-36-34-13-6-7-16-38(34)47-40(36)37)30-21-22-31-29(25-30)20-24-35-33(31)23-19-27-18-17-26-9-4-5-12-32(26)39(27)35;1-3-11-28(12-4-1)29-19-22-33(23-20-29)42-44-41(32-15-5-2-6-16-32)45-43(46-42)38-27-34-24-21-30-13-7-9-17-35(30)39(34)37-26-25-31-14-8-10-18-36(31)40(37)38/h2*1-25H;1-27H. The van der Waals surface area contributed by atoms with E-state index in [9.17, 15) is 0 Å². The molecule has 5 heterocycles. The average Bonchev–Trinajstić information content (AvgIpc) is 1.08. The largest absolute Gasteiger partial charge is 0.208 e. The smallest absolute Gasteiger partial charge is 0.165 e. The van der Waals surface area contributed by atoms with Gasteiger partial charge in [0.1, 0.15) is 0 Å². The Hall–Kier alpha value is -18.1. The van der Waals surface area contributed by atoms with Gasteiger partial charge in [0.15, 0.2) is 52.4 Å².